The van der Waals surface area contributed by atoms with Gasteiger partial charge in [-0.15, -0.1) is 0 Å². The number of fused-ring (bicyclic) bond motifs is 1. The van der Waals surface area contributed by atoms with E-state index in [-0.39, 0.29) is 18.5 Å². The second kappa shape index (κ2) is 8.21. The Hall–Kier alpha value is -1.92. The van der Waals surface area contributed by atoms with Crippen molar-refractivity contribution >= 4 is 34.1 Å². The van der Waals surface area contributed by atoms with Crippen LogP contribution in [0.25, 0.3) is 10.9 Å². The number of hydrogen-bond acceptors (Lipinski definition) is 4. The minimum atomic E-state index is -0.877. The van der Waals surface area contributed by atoms with E-state index in [0.717, 1.165) is 42.5 Å². The molecule has 1 amide bonds. The van der Waals surface area contributed by atoms with E-state index in [4.69, 9.17) is 11.6 Å². The van der Waals surface area contributed by atoms with Gasteiger partial charge in [0.05, 0.1) is 18.6 Å². The van der Waals surface area contributed by atoms with Crippen LogP contribution in [0.3, 0.4) is 0 Å². The minimum Gasteiger partial charge on any atom is -0.382 e. The number of amides is 1. The highest BCUT2D eigenvalue weighted by molar-refractivity contribution is 6.31. The predicted octanol–water partition coefficient (Wildman–Crippen LogP) is 3.72. The van der Waals surface area contributed by atoms with E-state index in [1.54, 1.807) is 4.90 Å². The summed E-state index contributed by atoms with van der Waals surface area (Å²) in [6, 6.07) is 8.05. The van der Waals surface area contributed by atoms with E-state index in [0.29, 0.717) is 24.0 Å². The largest absolute Gasteiger partial charge is 0.382 e. The third-order valence-corrected chi connectivity index (χ3v) is 6.09. The molecule has 2 aliphatic heterocycles. The number of piperidine rings is 1. The Morgan fingerprint density at radius 1 is 1.32 bits per heavy atom. The fourth-order valence-corrected chi connectivity index (χ4v) is 4.47. The Kier molecular flexibility index (Phi) is 5.69. The third-order valence-electron chi connectivity index (χ3n) is 5.85. The molecule has 4 rings (SSSR count). The van der Waals surface area contributed by atoms with Gasteiger partial charge in [-0.05, 0) is 44.0 Å². The molecule has 2 atom stereocenters. The first-order valence-electron chi connectivity index (χ1n) is 9.96. The molecule has 0 unspecified atom stereocenters. The number of anilines is 1. The lowest BCUT2D eigenvalue weighted by Crippen LogP contribution is -2.46. The van der Waals surface area contributed by atoms with Crippen LogP contribution >= 0.6 is 11.6 Å². The zero-order valence-electron chi connectivity index (χ0n) is 16.1. The van der Waals surface area contributed by atoms with Crippen molar-refractivity contribution in [3.63, 3.8) is 0 Å². The van der Waals surface area contributed by atoms with Gasteiger partial charge in [-0.25, -0.2) is 4.39 Å². The first-order chi connectivity index (χ1) is 13.5. The normalized spacial score (nSPS) is 24.0. The molecule has 28 heavy (non-hydrogen) atoms. The topological polar surface area (TPSA) is 48.5 Å². The fraction of sp³-hybridized carbons (Fsp3) is 0.524. The average molecular weight is 405 g/mol. The summed E-state index contributed by atoms with van der Waals surface area (Å²) in [5.41, 5.74) is 1.96. The molecule has 0 radical (unpaired) electrons. The van der Waals surface area contributed by atoms with Crippen molar-refractivity contribution in [3.8, 4) is 0 Å². The van der Waals surface area contributed by atoms with Crippen LogP contribution < -0.4 is 5.32 Å². The molecule has 5 nitrogen and oxygen atoms in total. The highest BCUT2D eigenvalue weighted by Crippen LogP contribution is 2.27. The van der Waals surface area contributed by atoms with Gasteiger partial charge in [-0.2, -0.15) is 0 Å². The number of halogens is 2. The number of alkyl halides is 1. The van der Waals surface area contributed by atoms with Gasteiger partial charge in [0.1, 0.15) is 6.17 Å². The van der Waals surface area contributed by atoms with Crippen molar-refractivity contribution in [2.45, 2.75) is 44.4 Å². The van der Waals surface area contributed by atoms with Gasteiger partial charge >= 0.3 is 0 Å². The molecular weight excluding hydrogens is 379 g/mol. The molecule has 150 valence electrons. The van der Waals surface area contributed by atoms with Crippen LogP contribution in [0.2, 0.25) is 5.02 Å². The molecule has 7 heteroatoms. The van der Waals surface area contributed by atoms with Gasteiger partial charge in [-0.1, -0.05) is 11.6 Å². The van der Waals surface area contributed by atoms with Crippen LogP contribution in [0.15, 0.2) is 30.5 Å². The second-order valence-electron chi connectivity index (χ2n) is 7.94. The molecule has 1 N–H and O–H groups in total. The SMILES string of the molecule is C[C@@H]1C[C@H](F)CN1C(=O)CN1CCC(Nc2ccnc3ccc(Cl)cc23)CC1. The van der Waals surface area contributed by atoms with E-state index in [2.05, 4.69) is 15.2 Å². The molecule has 2 fully saturated rings. The van der Waals surface area contributed by atoms with Crippen molar-refractivity contribution < 1.29 is 9.18 Å². The molecular formula is C21H26ClFN4O. The number of hydrogen-bond donors (Lipinski definition) is 1. The summed E-state index contributed by atoms with van der Waals surface area (Å²) in [6.45, 7) is 4.27. The van der Waals surface area contributed by atoms with E-state index < -0.39 is 6.17 Å². The van der Waals surface area contributed by atoms with Crippen molar-refractivity contribution in [1.82, 2.24) is 14.8 Å². The Morgan fingerprint density at radius 3 is 2.82 bits per heavy atom. The lowest BCUT2D eigenvalue weighted by molar-refractivity contribution is -0.133. The van der Waals surface area contributed by atoms with Gasteiger partial charge in [0.25, 0.3) is 0 Å². The number of aromatic nitrogens is 1. The standard InChI is InChI=1S/C21H26ClFN4O/c1-14-10-16(23)12-27(14)21(28)13-26-8-5-17(6-9-26)25-20-4-7-24-19-3-2-15(22)11-18(19)20/h2-4,7,11,14,16-17H,5-6,8-10,12-13H2,1H3,(H,24,25)/t14-,16+/m1/s1. The maximum atomic E-state index is 13.5. The molecule has 3 heterocycles. The van der Waals surface area contributed by atoms with Gasteiger partial charge in [0, 0.05) is 53.9 Å². The van der Waals surface area contributed by atoms with Gasteiger partial charge < -0.3 is 10.2 Å². The highest BCUT2D eigenvalue weighted by Gasteiger charge is 2.33. The van der Waals surface area contributed by atoms with Crippen LogP contribution in [0.5, 0.6) is 0 Å². The molecule has 0 bridgehead atoms. The fourth-order valence-electron chi connectivity index (χ4n) is 4.29. The minimum absolute atomic E-state index is 0.00787. The van der Waals surface area contributed by atoms with Gasteiger partial charge in [0.2, 0.25) is 5.91 Å². The van der Waals surface area contributed by atoms with Crippen molar-refractivity contribution in [1.29, 1.82) is 0 Å². The van der Waals surface area contributed by atoms with Crippen molar-refractivity contribution in [2.75, 3.05) is 31.5 Å². The average Bonchev–Trinajstić information content (AvgIpc) is 3.02. The van der Waals surface area contributed by atoms with Crippen molar-refractivity contribution in [2.24, 2.45) is 0 Å². The molecule has 2 aromatic rings. The Balaban J connectivity index is 1.32. The maximum absolute atomic E-state index is 13.5. The number of nitrogens with one attached hydrogen (secondary N) is 1. The Morgan fingerprint density at radius 2 is 2.11 bits per heavy atom. The van der Waals surface area contributed by atoms with Crippen LogP contribution in [0.4, 0.5) is 10.1 Å². The first kappa shape index (κ1) is 19.4. The monoisotopic (exact) mass is 404 g/mol. The zero-order chi connectivity index (χ0) is 19.7. The van der Waals surface area contributed by atoms with E-state index in [1.165, 1.54) is 0 Å². The third kappa shape index (κ3) is 4.23. The number of rotatable bonds is 4. The number of carbonyl (C=O) groups is 1. The molecule has 0 saturated carbocycles. The van der Waals surface area contributed by atoms with Crippen molar-refractivity contribution in [3.05, 3.63) is 35.5 Å². The van der Waals surface area contributed by atoms with E-state index >= 15 is 0 Å². The second-order valence-corrected chi connectivity index (χ2v) is 8.38. The first-order valence-corrected chi connectivity index (χ1v) is 10.3. The van der Waals surface area contributed by atoms with Crippen LogP contribution in [0, 0.1) is 0 Å². The molecule has 1 aromatic heterocycles. The summed E-state index contributed by atoms with van der Waals surface area (Å²) in [7, 11) is 0. The number of pyridine rings is 1. The molecule has 2 saturated heterocycles. The Labute approximate surface area is 169 Å². The number of nitrogens with zero attached hydrogens (tertiary/aromatic N) is 3. The smallest absolute Gasteiger partial charge is 0.237 e. The summed E-state index contributed by atoms with van der Waals surface area (Å²) in [5.74, 6) is 0.0498. The summed E-state index contributed by atoms with van der Waals surface area (Å²) in [5, 5.41) is 5.34. The van der Waals surface area contributed by atoms with E-state index in [1.807, 2.05) is 37.4 Å². The number of carbonyl (C=O) groups excluding carboxylic acids is 1. The molecule has 0 spiro atoms. The summed E-state index contributed by atoms with van der Waals surface area (Å²) < 4.78 is 13.5. The molecule has 1 aromatic carbocycles. The lowest BCUT2D eigenvalue weighted by atomic mass is 10.0. The zero-order valence-corrected chi connectivity index (χ0v) is 16.8. The van der Waals surface area contributed by atoms with Gasteiger partial charge in [0.15, 0.2) is 0 Å². The molecule has 2 aliphatic rings. The summed E-state index contributed by atoms with van der Waals surface area (Å²) in [6.07, 6.45) is 3.30. The highest BCUT2D eigenvalue weighted by atomic mass is 35.5. The number of likely N-dealkylation sites (tertiary alicyclic amines) is 2. The van der Waals surface area contributed by atoms with Crippen LogP contribution in [-0.2, 0) is 4.79 Å². The van der Waals surface area contributed by atoms with E-state index in [9.17, 15) is 9.18 Å². The summed E-state index contributed by atoms with van der Waals surface area (Å²) >= 11 is 6.15. The lowest BCUT2D eigenvalue weighted by Gasteiger charge is -2.34. The number of benzene rings is 1. The maximum Gasteiger partial charge on any atom is 0.237 e. The van der Waals surface area contributed by atoms with Gasteiger partial charge in [-0.3, -0.25) is 14.7 Å². The Bertz CT molecular complexity index is 855. The predicted molar refractivity (Wildman–Crippen MR) is 111 cm³/mol. The quantitative estimate of drug-likeness (QED) is 0.843. The summed E-state index contributed by atoms with van der Waals surface area (Å²) in [4.78, 5) is 20.8. The van der Waals surface area contributed by atoms with Crippen LogP contribution in [0.1, 0.15) is 26.2 Å². The molecule has 0 aliphatic carbocycles. The van der Waals surface area contributed by atoms with Crippen LogP contribution in [-0.4, -0.2) is 65.1 Å².